The minimum absolute atomic E-state index is 0.303. The number of nitrogen functional groups attached to an aromatic ring is 1. The van der Waals surface area contributed by atoms with Crippen molar-refractivity contribution in [2.45, 2.75) is 6.92 Å². The molecule has 2 aromatic carbocycles. The second kappa shape index (κ2) is 6.83. The lowest BCUT2D eigenvalue weighted by Crippen LogP contribution is -2.08. The zero-order valence-corrected chi connectivity index (χ0v) is 13.7. The summed E-state index contributed by atoms with van der Waals surface area (Å²) in [5.74, 6) is -0.419. The summed E-state index contributed by atoms with van der Waals surface area (Å²) in [4.78, 5) is 12.0. The van der Waals surface area contributed by atoms with Crippen molar-refractivity contribution < 1.29 is 9.53 Å². The number of carbonyl (C=O) groups excluding carboxylic acids is 1. The first-order valence-electron chi connectivity index (χ1n) is 6.30. The van der Waals surface area contributed by atoms with Crippen LogP contribution in [0.15, 0.2) is 40.9 Å². The number of hydrogen-bond acceptors (Lipinski definition) is 4. The van der Waals surface area contributed by atoms with E-state index in [1.54, 1.807) is 37.3 Å². The van der Waals surface area contributed by atoms with Gasteiger partial charge in [-0.3, -0.25) is 0 Å². The van der Waals surface area contributed by atoms with E-state index >= 15 is 0 Å². The summed E-state index contributed by atoms with van der Waals surface area (Å²) >= 11 is 9.34. The van der Waals surface area contributed by atoms with Crippen molar-refractivity contribution in [1.82, 2.24) is 0 Å². The fourth-order valence-electron chi connectivity index (χ4n) is 1.78. The van der Waals surface area contributed by atoms with Crippen molar-refractivity contribution >= 4 is 50.6 Å². The van der Waals surface area contributed by atoms with E-state index in [9.17, 15) is 4.79 Å². The molecule has 0 atom stereocenters. The highest BCUT2D eigenvalue weighted by Gasteiger charge is 2.14. The molecular formula is C15H14BrClN2O2. The predicted octanol–water partition coefficient (Wildman–Crippen LogP) is 4.61. The van der Waals surface area contributed by atoms with Crippen molar-refractivity contribution in [2.24, 2.45) is 0 Å². The van der Waals surface area contributed by atoms with Gasteiger partial charge in [0.1, 0.15) is 0 Å². The highest BCUT2D eigenvalue weighted by atomic mass is 79.9. The van der Waals surface area contributed by atoms with Gasteiger partial charge < -0.3 is 15.8 Å². The molecule has 2 aromatic rings. The highest BCUT2D eigenvalue weighted by Crippen LogP contribution is 2.30. The molecule has 3 N–H and O–H groups in total. The summed E-state index contributed by atoms with van der Waals surface area (Å²) in [6.45, 7) is 2.06. The number of halogens is 2. The van der Waals surface area contributed by atoms with E-state index in [4.69, 9.17) is 22.1 Å². The molecule has 0 saturated heterocycles. The van der Waals surface area contributed by atoms with Crippen LogP contribution < -0.4 is 11.1 Å². The molecule has 0 saturated carbocycles. The van der Waals surface area contributed by atoms with E-state index < -0.39 is 5.97 Å². The number of esters is 1. The van der Waals surface area contributed by atoms with E-state index in [1.165, 1.54) is 0 Å². The molecule has 0 aliphatic rings. The Bertz CT molecular complexity index is 677. The van der Waals surface area contributed by atoms with Crippen LogP contribution in [0.5, 0.6) is 0 Å². The number of rotatable bonds is 4. The number of anilines is 3. The van der Waals surface area contributed by atoms with Gasteiger partial charge in [-0.15, -0.1) is 0 Å². The van der Waals surface area contributed by atoms with Crippen molar-refractivity contribution in [1.29, 1.82) is 0 Å². The first-order valence-corrected chi connectivity index (χ1v) is 7.47. The molecule has 2 rings (SSSR count). The lowest BCUT2D eigenvalue weighted by atomic mass is 10.1. The SMILES string of the molecule is CCOC(=O)c1cc(N)ccc1Nc1ccc(Cl)cc1Br. The van der Waals surface area contributed by atoms with Crippen LogP contribution in [0.3, 0.4) is 0 Å². The molecule has 4 nitrogen and oxygen atoms in total. The van der Waals surface area contributed by atoms with E-state index in [0.29, 0.717) is 28.6 Å². The van der Waals surface area contributed by atoms with Crippen LogP contribution in [0.1, 0.15) is 17.3 Å². The minimum Gasteiger partial charge on any atom is -0.462 e. The van der Waals surface area contributed by atoms with Gasteiger partial charge in [0.15, 0.2) is 0 Å². The molecule has 0 aliphatic heterocycles. The van der Waals surface area contributed by atoms with Crippen LogP contribution in [0.4, 0.5) is 17.1 Å². The van der Waals surface area contributed by atoms with Crippen LogP contribution >= 0.6 is 27.5 Å². The van der Waals surface area contributed by atoms with Crippen LogP contribution in [-0.4, -0.2) is 12.6 Å². The lowest BCUT2D eigenvalue weighted by molar-refractivity contribution is 0.0527. The summed E-state index contributed by atoms with van der Waals surface area (Å²) in [6, 6.07) is 10.4. The van der Waals surface area contributed by atoms with Gasteiger partial charge in [0.05, 0.1) is 23.5 Å². The van der Waals surface area contributed by atoms with E-state index in [0.717, 1.165) is 10.2 Å². The van der Waals surface area contributed by atoms with Crippen molar-refractivity contribution in [3.8, 4) is 0 Å². The quantitative estimate of drug-likeness (QED) is 0.610. The normalized spacial score (nSPS) is 10.2. The van der Waals surface area contributed by atoms with Gasteiger partial charge in [0, 0.05) is 15.2 Å². The van der Waals surface area contributed by atoms with Gasteiger partial charge in [-0.2, -0.15) is 0 Å². The molecule has 0 amide bonds. The summed E-state index contributed by atoms with van der Waals surface area (Å²) in [7, 11) is 0. The first kappa shape index (κ1) is 15.7. The number of ether oxygens (including phenoxy) is 1. The Morgan fingerprint density at radius 1 is 1.29 bits per heavy atom. The topological polar surface area (TPSA) is 64.3 Å². The number of nitrogens with one attached hydrogen (secondary N) is 1. The molecule has 0 radical (unpaired) electrons. The molecule has 6 heteroatoms. The maximum atomic E-state index is 12.0. The third-order valence-electron chi connectivity index (χ3n) is 2.74. The molecule has 21 heavy (non-hydrogen) atoms. The molecule has 0 heterocycles. The second-order valence-electron chi connectivity index (χ2n) is 4.27. The second-order valence-corrected chi connectivity index (χ2v) is 5.57. The average Bonchev–Trinajstić information content (AvgIpc) is 2.43. The zero-order chi connectivity index (χ0) is 15.4. The van der Waals surface area contributed by atoms with Crippen molar-refractivity contribution in [3.63, 3.8) is 0 Å². The Hall–Kier alpha value is -1.72. The maximum Gasteiger partial charge on any atom is 0.340 e. The summed E-state index contributed by atoms with van der Waals surface area (Å²) in [5, 5.41) is 3.79. The molecule has 0 spiro atoms. The monoisotopic (exact) mass is 368 g/mol. The predicted molar refractivity (Wildman–Crippen MR) is 89.2 cm³/mol. The van der Waals surface area contributed by atoms with E-state index in [-0.39, 0.29) is 0 Å². The number of benzene rings is 2. The molecule has 0 bridgehead atoms. The van der Waals surface area contributed by atoms with Crippen molar-refractivity contribution in [3.05, 3.63) is 51.5 Å². The molecular weight excluding hydrogens is 356 g/mol. The summed E-state index contributed by atoms with van der Waals surface area (Å²) in [5.41, 5.74) is 8.03. The standard InChI is InChI=1S/C15H14BrClN2O2/c1-2-21-15(20)11-8-10(18)4-6-13(11)19-14-5-3-9(17)7-12(14)16/h3-8,19H,2,18H2,1H3. The Morgan fingerprint density at radius 3 is 2.67 bits per heavy atom. The molecule has 0 fully saturated rings. The Labute approximate surface area is 136 Å². The molecule has 110 valence electrons. The third-order valence-corrected chi connectivity index (χ3v) is 3.63. The van der Waals surface area contributed by atoms with E-state index in [2.05, 4.69) is 21.2 Å². The van der Waals surface area contributed by atoms with Crippen LogP contribution in [0.25, 0.3) is 0 Å². The lowest BCUT2D eigenvalue weighted by Gasteiger charge is -2.13. The number of nitrogens with two attached hydrogens (primary N) is 1. The molecule has 0 aromatic heterocycles. The molecule has 0 unspecified atom stereocenters. The smallest absolute Gasteiger partial charge is 0.340 e. The Morgan fingerprint density at radius 2 is 2.00 bits per heavy atom. The summed E-state index contributed by atoms with van der Waals surface area (Å²) in [6.07, 6.45) is 0. The van der Waals surface area contributed by atoms with Crippen LogP contribution in [0.2, 0.25) is 5.02 Å². The van der Waals surface area contributed by atoms with Gasteiger partial charge in [-0.05, 0) is 59.3 Å². The van der Waals surface area contributed by atoms with Gasteiger partial charge in [0.25, 0.3) is 0 Å². The number of hydrogen-bond donors (Lipinski definition) is 2. The average molecular weight is 370 g/mol. The molecule has 0 aliphatic carbocycles. The van der Waals surface area contributed by atoms with Gasteiger partial charge >= 0.3 is 5.97 Å². The minimum atomic E-state index is -0.419. The van der Waals surface area contributed by atoms with Gasteiger partial charge in [0.2, 0.25) is 0 Å². The van der Waals surface area contributed by atoms with Gasteiger partial charge in [-0.1, -0.05) is 11.6 Å². The van der Waals surface area contributed by atoms with Crippen LogP contribution in [0, 0.1) is 0 Å². The maximum absolute atomic E-state index is 12.0. The third kappa shape index (κ3) is 3.89. The fraction of sp³-hybridized carbons (Fsp3) is 0.133. The largest absolute Gasteiger partial charge is 0.462 e. The zero-order valence-electron chi connectivity index (χ0n) is 11.3. The first-order chi connectivity index (χ1) is 10.0. The summed E-state index contributed by atoms with van der Waals surface area (Å²) < 4.78 is 5.84. The van der Waals surface area contributed by atoms with Gasteiger partial charge in [-0.25, -0.2) is 4.79 Å². The highest BCUT2D eigenvalue weighted by molar-refractivity contribution is 9.10. The van der Waals surface area contributed by atoms with Crippen LogP contribution in [-0.2, 0) is 4.74 Å². The van der Waals surface area contributed by atoms with E-state index in [1.807, 2.05) is 6.07 Å². The fourth-order valence-corrected chi connectivity index (χ4v) is 2.57. The number of carbonyl (C=O) groups is 1. The Balaban J connectivity index is 2.37. The van der Waals surface area contributed by atoms with Crippen molar-refractivity contribution in [2.75, 3.05) is 17.7 Å². The Kier molecular flexibility index (Phi) is 5.09.